The van der Waals surface area contributed by atoms with Crippen molar-refractivity contribution in [3.05, 3.63) is 88.5 Å². The predicted molar refractivity (Wildman–Crippen MR) is 94.2 cm³/mol. The monoisotopic (exact) mass is 356 g/mol. The van der Waals surface area contributed by atoms with E-state index in [1.165, 1.54) is 18.3 Å². The van der Waals surface area contributed by atoms with Gasteiger partial charge >= 0.3 is 0 Å². The van der Waals surface area contributed by atoms with Gasteiger partial charge in [0.15, 0.2) is 5.69 Å². The van der Waals surface area contributed by atoms with Gasteiger partial charge < -0.3 is 0 Å². The summed E-state index contributed by atoms with van der Waals surface area (Å²) in [5.74, 6) is -0.807. The standard InChI is InChI=1S/C18H14ClFN4O/c19-15-6-4-13(5-7-15)12-24-9-8-17(23-24)18(25)22-21-11-14-2-1-3-16(20)10-14/h1-11H,12H2,(H,22,25)/b21-11-. The Morgan fingerprint density at radius 3 is 2.80 bits per heavy atom. The molecule has 1 heterocycles. The fourth-order valence-corrected chi connectivity index (χ4v) is 2.28. The highest BCUT2D eigenvalue weighted by Crippen LogP contribution is 2.10. The van der Waals surface area contributed by atoms with E-state index in [2.05, 4.69) is 15.6 Å². The molecule has 7 heteroatoms. The maximum Gasteiger partial charge on any atom is 0.291 e. The molecule has 0 radical (unpaired) electrons. The first-order chi connectivity index (χ1) is 12.1. The summed E-state index contributed by atoms with van der Waals surface area (Å²) in [5, 5.41) is 8.68. The molecule has 0 spiro atoms. The van der Waals surface area contributed by atoms with Crippen LogP contribution in [0, 0.1) is 5.82 Å². The first kappa shape index (κ1) is 16.9. The molecule has 0 saturated heterocycles. The third-order valence-electron chi connectivity index (χ3n) is 3.36. The lowest BCUT2D eigenvalue weighted by molar-refractivity contribution is 0.0949. The van der Waals surface area contributed by atoms with Crippen molar-refractivity contribution in [3.63, 3.8) is 0 Å². The molecule has 0 aliphatic carbocycles. The molecular weight excluding hydrogens is 343 g/mol. The Bertz CT molecular complexity index is 905. The second kappa shape index (κ2) is 7.72. The molecule has 0 bridgehead atoms. The van der Waals surface area contributed by atoms with Gasteiger partial charge in [-0.3, -0.25) is 9.48 Å². The Labute approximate surface area is 148 Å². The highest BCUT2D eigenvalue weighted by molar-refractivity contribution is 6.30. The Morgan fingerprint density at radius 2 is 2.04 bits per heavy atom. The van der Waals surface area contributed by atoms with Gasteiger partial charge in [0.25, 0.3) is 5.91 Å². The first-order valence-electron chi connectivity index (χ1n) is 7.47. The fourth-order valence-electron chi connectivity index (χ4n) is 2.16. The van der Waals surface area contributed by atoms with Crippen molar-refractivity contribution in [1.82, 2.24) is 15.2 Å². The topological polar surface area (TPSA) is 59.3 Å². The molecule has 0 fully saturated rings. The highest BCUT2D eigenvalue weighted by Gasteiger charge is 2.08. The molecular formula is C18H14ClFN4O. The maximum atomic E-state index is 13.1. The number of amides is 1. The fraction of sp³-hybridized carbons (Fsp3) is 0.0556. The molecule has 2 aromatic carbocycles. The van der Waals surface area contributed by atoms with Crippen molar-refractivity contribution in [2.45, 2.75) is 6.54 Å². The molecule has 0 aliphatic rings. The molecule has 0 atom stereocenters. The van der Waals surface area contributed by atoms with E-state index in [0.717, 1.165) is 5.56 Å². The molecule has 0 unspecified atom stereocenters. The number of hydrogen-bond donors (Lipinski definition) is 1. The molecule has 0 aliphatic heterocycles. The number of hydrogen-bond acceptors (Lipinski definition) is 3. The van der Waals surface area contributed by atoms with Gasteiger partial charge in [0, 0.05) is 11.2 Å². The van der Waals surface area contributed by atoms with Crippen LogP contribution in [-0.4, -0.2) is 21.9 Å². The lowest BCUT2D eigenvalue weighted by atomic mass is 10.2. The van der Waals surface area contributed by atoms with Crippen molar-refractivity contribution in [2.24, 2.45) is 5.10 Å². The minimum Gasteiger partial charge on any atom is -0.268 e. The SMILES string of the molecule is O=C(N/N=C\c1cccc(F)c1)c1ccn(Cc2ccc(Cl)cc2)n1. The van der Waals surface area contributed by atoms with Gasteiger partial charge in [0.1, 0.15) is 5.82 Å². The molecule has 5 nitrogen and oxygen atoms in total. The summed E-state index contributed by atoms with van der Waals surface area (Å²) < 4.78 is 14.7. The first-order valence-corrected chi connectivity index (χ1v) is 7.85. The summed E-state index contributed by atoms with van der Waals surface area (Å²) in [4.78, 5) is 12.0. The maximum absolute atomic E-state index is 13.1. The van der Waals surface area contributed by atoms with Gasteiger partial charge in [-0.15, -0.1) is 0 Å². The zero-order chi connectivity index (χ0) is 17.6. The van der Waals surface area contributed by atoms with Gasteiger partial charge in [-0.2, -0.15) is 10.2 Å². The average molecular weight is 357 g/mol. The molecule has 3 rings (SSSR count). The van der Waals surface area contributed by atoms with Crippen molar-refractivity contribution >= 4 is 23.7 Å². The van der Waals surface area contributed by atoms with Crippen LogP contribution in [0.15, 0.2) is 65.9 Å². The van der Waals surface area contributed by atoms with E-state index in [9.17, 15) is 9.18 Å². The van der Waals surface area contributed by atoms with E-state index >= 15 is 0 Å². The Hall–Kier alpha value is -2.99. The Balaban J connectivity index is 1.59. The van der Waals surface area contributed by atoms with Crippen molar-refractivity contribution in [2.75, 3.05) is 0 Å². The van der Waals surface area contributed by atoms with Gasteiger partial charge in [-0.25, -0.2) is 9.82 Å². The average Bonchev–Trinajstić information content (AvgIpc) is 3.06. The minimum absolute atomic E-state index is 0.241. The van der Waals surface area contributed by atoms with Crippen LogP contribution in [0.2, 0.25) is 5.02 Å². The number of carbonyl (C=O) groups is 1. The quantitative estimate of drug-likeness (QED) is 0.562. The van der Waals surface area contributed by atoms with E-state index < -0.39 is 5.91 Å². The van der Waals surface area contributed by atoms with Crippen LogP contribution in [0.3, 0.4) is 0 Å². The summed E-state index contributed by atoms with van der Waals surface area (Å²) in [6.45, 7) is 0.525. The van der Waals surface area contributed by atoms with Crippen LogP contribution in [-0.2, 0) is 6.54 Å². The van der Waals surface area contributed by atoms with Crippen molar-refractivity contribution in [3.8, 4) is 0 Å². The van der Waals surface area contributed by atoms with E-state index in [4.69, 9.17) is 11.6 Å². The third kappa shape index (κ3) is 4.74. The number of nitrogens with one attached hydrogen (secondary N) is 1. The summed E-state index contributed by atoms with van der Waals surface area (Å²) in [6.07, 6.45) is 3.07. The van der Waals surface area contributed by atoms with E-state index in [-0.39, 0.29) is 11.5 Å². The van der Waals surface area contributed by atoms with Gasteiger partial charge in [0.2, 0.25) is 0 Å². The van der Waals surface area contributed by atoms with Crippen molar-refractivity contribution in [1.29, 1.82) is 0 Å². The molecule has 25 heavy (non-hydrogen) atoms. The van der Waals surface area contributed by atoms with Gasteiger partial charge in [0.05, 0.1) is 12.8 Å². The number of halogens is 2. The summed E-state index contributed by atoms with van der Waals surface area (Å²) in [6, 6.07) is 14.9. The normalized spacial score (nSPS) is 11.0. The Morgan fingerprint density at radius 1 is 1.24 bits per heavy atom. The van der Waals surface area contributed by atoms with Crippen LogP contribution in [0.1, 0.15) is 21.6 Å². The van der Waals surface area contributed by atoms with Crippen molar-refractivity contribution < 1.29 is 9.18 Å². The molecule has 126 valence electrons. The summed E-state index contributed by atoms with van der Waals surface area (Å²) >= 11 is 5.85. The number of rotatable bonds is 5. The third-order valence-corrected chi connectivity index (χ3v) is 3.61. The minimum atomic E-state index is -0.442. The van der Waals surface area contributed by atoms with Crippen LogP contribution in [0.4, 0.5) is 4.39 Å². The molecule has 1 aromatic heterocycles. The highest BCUT2D eigenvalue weighted by atomic mass is 35.5. The zero-order valence-corrected chi connectivity index (χ0v) is 13.8. The lowest BCUT2D eigenvalue weighted by Crippen LogP contribution is -2.18. The number of aromatic nitrogens is 2. The zero-order valence-electron chi connectivity index (χ0n) is 13.1. The number of benzene rings is 2. The number of hydrazone groups is 1. The van der Waals surface area contributed by atoms with Crippen LogP contribution >= 0.6 is 11.6 Å². The second-order valence-corrected chi connectivity index (χ2v) is 5.72. The Kier molecular flexibility index (Phi) is 5.20. The largest absolute Gasteiger partial charge is 0.291 e. The summed E-state index contributed by atoms with van der Waals surface area (Å²) in [7, 11) is 0. The van der Waals surface area contributed by atoms with Crippen LogP contribution in [0.25, 0.3) is 0 Å². The number of nitrogens with zero attached hydrogens (tertiary/aromatic N) is 3. The van der Waals surface area contributed by atoms with Gasteiger partial charge in [-0.1, -0.05) is 35.9 Å². The molecule has 0 saturated carbocycles. The van der Waals surface area contributed by atoms with Gasteiger partial charge in [-0.05, 0) is 41.5 Å². The van der Waals surface area contributed by atoms with Crippen LogP contribution in [0.5, 0.6) is 0 Å². The second-order valence-electron chi connectivity index (χ2n) is 5.28. The van der Waals surface area contributed by atoms with E-state index in [1.54, 1.807) is 41.2 Å². The van der Waals surface area contributed by atoms with E-state index in [1.807, 2.05) is 12.1 Å². The van der Waals surface area contributed by atoms with Crippen LogP contribution < -0.4 is 5.43 Å². The van der Waals surface area contributed by atoms with E-state index in [0.29, 0.717) is 17.1 Å². The molecule has 3 aromatic rings. The lowest BCUT2D eigenvalue weighted by Gasteiger charge is -2.02. The summed E-state index contributed by atoms with van der Waals surface area (Å²) in [5.41, 5.74) is 4.17. The smallest absolute Gasteiger partial charge is 0.268 e. The molecule has 1 N–H and O–H groups in total. The number of carbonyl (C=O) groups excluding carboxylic acids is 1. The molecule has 1 amide bonds. The predicted octanol–water partition coefficient (Wildman–Crippen LogP) is 3.49.